The maximum atomic E-state index is 11.2. The molecular weight excluding hydrogens is 211 g/mol. The molecule has 1 aliphatic heterocycles. The minimum Gasteiger partial charge on any atom is -0.478 e. The lowest BCUT2D eigenvalue weighted by atomic mass is 10.1. The Morgan fingerprint density at radius 1 is 1.71 bits per heavy atom. The second-order valence-electron chi connectivity index (χ2n) is 2.76. The second-order valence-corrected chi connectivity index (χ2v) is 3.93. The lowest BCUT2D eigenvalue weighted by Crippen LogP contribution is -2.32. The summed E-state index contributed by atoms with van der Waals surface area (Å²) in [6.45, 7) is 4.85. The Hall–Kier alpha value is -1.10. The first-order chi connectivity index (χ1) is 6.31. The third-order valence-corrected chi connectivity index (χ3v) is 1.91. The fraction of sp³-hybridized carbons (Fsp3) is 0.286. The molecule has 0 aliphatic carbocycles. The van der Waals surface area contributed by atoms with Gasteiger partial charge in [-0.25, -0.2) is 4.57 Å². The molecular formula is C7H9O6P. The van der Waals surface area contributed by atoms with Gasteiger partial charge in [0.25, 0.3) is 0 Å². The predicted molar refractivity (Wildman–Crippen MR) is 45.9 cm³/mol. The van der Waals surface area contributed by atoms with E-state index in [1.807, 2.05) is 0 Å². The largest absolute Gasteiger partial charge is 0.524 e. The van der Waals surface area contributed by atoms with Gasteiger partial charge >= 0.3 is 7.82 Å². The summed E-state index contributed by atoms with van der Waals surface area (Å²) in [5.74, 6) is -0.637. The molecule has 0 aromatic rings. The van der Waals surface area contributed by atoms with Gasteiger partial charge in [-0.05, 0) is 12.5 Å². The molecule has 0 bridgehead atoms. The van der Waals surface area contributed by atoms with Crippen LogP contribution in [0.2, 0.25) is 0 Å². The molecule has 1 unspecified atom stereocenters. The molecule has 1 rings (SSSR count). The summed E-state index contributed by atoms with van der Waals surface area (Å²) in [7, 11) is -4.62. The lowest BCUT2D eigenvalue weighted by Gasteiger charge is -2.26. The summed E-state index contributed by atoms with van der Waals surface area (Å²) in [6.07, 6.45) is -0.0925. The zero-order valence-electron chi connectivity index (χ0n) is 7.34. The van der Waals surface area contributed by atoms with Gasteiger partial charge in [-0.3, -0.25) is 14.6 Å². The van der Waals surface area contributed by atoms with Crippen molar-refractivity contribution < 1.29 is 28.4 Å². The van der Waals surface area contributed by atoms with Crippen LogP contribution >= 0.6 is 7.82 Å². The summed E-state index contributed by atoms with van der Waals surface area (Å²) in [4.78, 5) is 28.1. The van der Waals surface area contributed by atoms with Crippen molar-refractivity contribution >= 4 is 13.6 Å². The van der Waals surface area contributed by atoms with E-state index in [9.17, 15) is 9.36 Å². The first kappa shape index (κ1) is 11.0. The van der Waals surface area contributed by atoms with Gasteiger partial charge in [-0.1, -0.05) is 6.58 Å². The highest BCUT2D eigenvalue weighted by molar-refractivity contribution is 7.46. The average molecular weight is 220 g/mol. The maximum absolute atomic E-state index is 11.2. The molecule has 0 saturated carbocycles. The summed E-state index contributed by atoms with van der Waals surface area (Å²) in [5.41, 5.74) is 0.231. The molecule has 1 aliphatic rings. The quantitative estimate of drug-likeness (QED) is 0.528. The van der Waals surface area contributed by atoms with Gasteiger partial charge in [-0.15, -0.1) is 0 Å². The molecule has 78 valence electrons. The molecule has 0 saturated heterocycles. The molecule has 0 spiro atoms. The van der Waals surface area contributed by atoms with Gasteiger partial charge < -0.3 is 9.26 Å². The van der Waals surface area contributed by atoms with E-state index in [1.165, 1.54) is 6.92 Å². The standard InChI is InChI=1S/C7H9O6P/c1-4(2)6(8)7-5(3-12-7)13-14(9,10)11/h3,7H,1H2,2H3,(H2,9,10,11). The van der Waals surface area contributed by atoms with Crippen LogP contribution in [-0.4, -0.2) is 21.7 Å². The van der Waals surface area contributed by atoms with Crippen molar-refractivity contribution in [1.82, 2.24) is 0 Å². The average Bonchev–Trinajstić information content (AvgIpc) is 1.96. The van der Waals surface area contributed by atoms with Gasteiger partial charge in [0.15, 0.2) is 5.76 Å². The third-order valence-electron chi connectivity index (χ3n) is 1.46. The number of rotatable bonds is 4. The van der Waals surface area contributed by atoms with Crippen LogP contribution in [-0.2, 0) is 18.6 Å². The van der Waals surface area contributed by atoms with Crippen LogP contribution in [0.15, 0.2) is 24.2 Å². The van der Waals surface area contributed by atoms with Gasteiger partial charge in [0.05, 0.1) is 0 Å². The van der Waals surface area contributed by atoms with E-state index >= 15 is 0 Å². The number of phosphoric ester groups is 1. The monoisotopic (exact) mass is 220 g/mol. The van der Waals surface area contributed by atoms with E-state index in [0.29, 0.717) is 0 Å². The molecule has 0 amide bonds. The summed E-state index contributed by atoms with van der Waals surface area (Å²) >= 11 is 0. The first-order valence-corrected chi connectivity index (χ1v) is 5.14. The van der Waals surface area contributed by atoms with Crippen molar-refractivity contribution in [2.75, 3.05) is 0 Å². The van der Waals surface area contributed by atoms with Crippen molar-refractivity contribution in [3.05, 3.63) is 24.2 Å². The maximum Gasteiger partial charge on any atom is 0.524 e. The van der Waals surface area contributed by atoms with Crippen LogP contribution in [0.1, 0.15) is 6.92 Å². The molecule has 0 aromatic heterocycles. The smallest absolute Gasteiger partial charge is 0.478 e. The summed E-state index contributed by atoms with van der Waals surface area (Å²) in [6, 6.07) is 0. The fourth-order valence-corrected chi connectivity index (χ4v) is 1.23. The van der Waals surface area contributed by atoms with Gasteiger partial charge in [0.2, 0.25) is 11.9 Å². The van der Waals surface area contributed by atoms with Gasteiger partial charge in [-0.2, -0.15) is 0 Å². The Morgan fingerprint density at radius 3 is 2.57 bits per heavy atom. The van der Waals surface area contributed by atoms with Crippen molar-refractivity contribution in [3.63, 3.8) is 0 Å². The molecule has 1 atom stereocenters. The Balaban J connectivity index is 2.65. The van der Waals surface area contributed by atoms with E-state index < -0.39 is 19.7 Å². The van der Waals surface area contributed by atoms with Crippen molar-refractivity contribution in [2.45, 2.75) is 13.0 Å². The second kappa shape index (κ2) is 3.57. The van der Waals surface area contributed by atoms with Crippen molar-refractivity contribution in [1.29, 1.82) is 0 Å². The molecule has 1 heterocycles. The van der Waals surface area contributed by atoms with Gasteiger partial charge in [0.1, 0.15) is 6.26 Å². The SMILES string of the molecule is C=C(C)C(=O)C1OC=C1OP(=O)(O)O. The van der Waals surface area contributed by atoms with Crippen LogP contribution in [0.3, 0.4) is 0 Å². The number of Topliss-reactive ketones (excluding diaryl/α,β-unsaturated/α-hetero) is 1. The number of hydrogen-bond donors (Lipinski definition) is 2. The predicted octanol–water partition coefficient (Wildman–Crippen LogP) is 0.481. The molecule has 0 aromatic carbocycles. The highest BCUT2D eigenvalue weighted by atomic mass is 31.2. The van der Waals surface area contributed by atoms with Crippen LogP contribution in [0.4, 0.5) is 0 Å². The van der Waals surface area contributed by atoms with E-state index in [1.54, 1.807) is 0 Å². The fourth-order valence-electron chi connectivity index (χ4n) is 0.813. The number of ether oxygens (including phenoxy) is 1. The third kappa shape index (κ3) is 2.45. The van der Waals surface area contributed by atoms with Crippen LogP contribution in [0, 0.1) is 0 Å². The normalized spacial score (nSPS) is 20.2. The van der Waals surface area contributed by atoms with Crippen LogP contribution in [0.25, 0.3) is 0 Å². The van der Waals surface area contributed by atoms with Crippen molar-refractivity contribution in [2.24, 2.45) is 0 Å². The molecule has 0 radical (unpaired) electrons. The Bertz CT molecular complexity index is 351. The number of phosphoric acid groups is 1. The van der Waals surface area contributed by atoms with E-state index in [4.69, 9.17) is 9.79 Å². The van der Waals surface area contributed by atoms with Crippen LogP contribution in [0.5, 0.6) is 0 Å². The van der Waals surface area contributed by atoms with Gasteiger partial charge in [0, 0.05) is 0 Å². The van der Waals surface area contributed by atoms with E-state index in [0.717, 1.165) is 6.26 Å². The van der Waals surface area contributed by atoms with E-state index in [-0.39, 0.29) is 11.3 Å². The minimum atomic E-state index is -4.62. The number of ketones is 1. The highest BCUT2D eigenvalue weighted by Crippen LogP contribution is 2.42. The molecule has 7 heteroatoms. The summed E-state index contributed by atoms with van der Waals surface area (Å²) < 4.78 is 19.3. The van der Waals surface area contributed by atoms with E-state index in [2.05, 4.69) is 15.8 Å². The minimum absolute atomic E-state index is 0.175. The Morgan fingerprint density at radius 2 is 2.29 bits per heavy atom. The lowest BCUT2D eigenvalue weighted by molar-refractivity contribution is -0.126. The molecule has 14 heavy (non-hydrogen) atoms. The topological polar surface area (TPSA) is 93.1 Å². The zero-order chi connectivity index (χ0) is 10.9. The number of carbonyl (C=O) groups is 1. The Labute approximate surface area is 80.1 Å². The number of hydrogen-bond acceptors (Lipinski definition) is 4. The molecule has 0 fully saturated rings. The first-order valence-electron chi connectivity index (χ1n) is 3.61. The highest BCUT2D eigenvalue weighted by Gasteiger charge is 2.36. The number of carbonyl (C=O) groups excluding carboxylic acids is 1. The van der Waals surface area contributed by atoms with Crippen LogP contribution < -0.4 is 0 Å². The Kier molecular flexibility index (Phi) is 2.80. The zero-order valence-corrected chi connectivity index (χ0v) is 8.23. The molecule has 2 N–H and O–H groups in total. The molecule has 6 nitrogen and oxygen atoms in total. The van der Waals surface area contributed by atoms with Crippen molar-refractivity contribution in [3.8, 4) is 0 Å². The summed E-state index contributed by atoms with van der Waals surface area (Å²) in [5, 5.41) is 0.